The lowest BCUT2D eigenvalue weighted by Gasteiger charge is -2.11. The van der Waals surface area contributed by atoms with E-state index in [1.54, 1.807) is 18.2 Å². The molecular weight excluding hydrogens is 318 g/mol. The Morgan fingerprint density at radius 2 is 2.05 bits per heavy atom. The van der Waals surface area contributed by atoms with Gasteiger partial charge < -0.3 is 4.74 Å². The monoisotopic (exact) mass is 329 g/mol. The number of nitrogens with zero attached hydrogens (tertiary/aromatic N) is 1. The number of ketones is 1. The van der Waals surface area contributed by atoms with E-state index in [-0.39, 0.29) is 5.78 Å². The first-order valence-corrected chi connectivity index (χ1v) is 6.82. The highest BCUT2D eigenvalue weighted by molar-refractivity contribution is 9.10. The fourth-order valence-electron chi connectivity index (χ4n) is 1.77. The molecule has 0 aliphatic carbocycles. The van der Waals surface area contributed by atoms with Crippen LogP contribution in [0.2, 0.25) is 0 Å². The zero-order valence-electron chi connectivity index (χ0n) is 10.9. The first-order valence-electron chi connectivity index (χ1n) is 6.03. The summed E-state index contributed by atoms with van der Waals surface area (Å²) in [5.74, 6) is 0.351. The van der Waals surface area contributed by atoms with Gasteiger partial charge in [0.15, 0.2) is 5.78 Å². The highest BCUT2D eigenvalue weighted by atomic mass is 79.9. The molecule has 0 saturated carbocycles. The molecule has 4 heteroatoms. The van der Waals surface area contributed by atoms with Crippen molar-refractivity contribution in [1.29, 1.82) is 5.26 Å². The molecule has 0 radical (unpaired) electrons. The number of ether oxygens (including phenoxy) is 1. The predicted molar refractivity (Wildman–Crippen MR) is 79.6 cm³/mol. The number of Topliss-reactive ketones (excluding diaryl/α,β-unsaturated/α-hetero) is 1. The molecule has 2 aromatic carbocycles. The molecule has 0 aliphatic heterocycles. The van der Waals surface area contributed by atoms with E-state index in [9.17, 15) is 4.79 Å². The van der Waals surface area contributed by atoms with Crippen LogP contribution in [-0.4, -0.2) is 5.78 Å². The van der Waals surface area contributed by atoms with Crippen molar-refractivity contribution >= 4 is 21.7 Å². The summed E-state index contributed by atoms with van der Waals surface area (Å²) in [4.78, 5) is 11.6. The molecule has 0 aliphatic rings. The number of hydrogen-bond donors (Lipinski definition) is 0. The average Bonchev–Trinajstić information content (AvgIpc) is 2.46. The third kappa shape index (κ3) is 3.25. The Morgan fingerprint density at radius 1 is 1.30 bits per heavy atom. The zero-order chi connectivity index (χ0) is 14.5. The highest BCUT2D eigenvalue weighted by Crippen LogP contribution is 2.24. The smallest absolute Gasteiger partial charge is 0.163 e. The van der Waals surface area contributed by atoms with E-state index < -0.39 is 0 Å². The lowest BCUT2D eigenvalue weighted by molar-refractivity contribution is 0.101. The summed E-state index contributed by atoms with van der Waals surface area (Å²) in [5.41, 5.74) is 1.93. The standard InChI is InChI=1S/C16H12BrNO2/c1-11(19)14-7-6-12(9-18)8-16(14)20-10-13-4-2-3-5-15(13)17/h2-8H,10H2,1H3. The Morgan fingerprint density at radius 3 is 2.70 bits per heavy atom. The molecule has 20 heavy (non-hydrogen) atoms. The van der Waals surface area contributed by atoms with Crippen molar-refractivity contribution in [2.45, 2.75) is 13.5 Å². The van der Waals surface area contributed by atoms with Crippen LogP contribution < -0.4 is 4.74 Å². The van der Waals surface area contributed by atoms with Crippen molar-refractivity contribution in [3.63, 3.8) is 0 Å². The SMILES string of the molecule is CC(=O)c1ccc(C#N)cc1OCc1ccccc1Br. The fraction of sp³-hybridized carbons (Fsp3) is 0.125. The first kappa shape index (κ1) is 14.3. The van der Waals surface area contributed by atoms with E-state index in [0.29, 0.717) is 23.5 Å². The number of hydrogen-bond acceptors (Lipinski definition) is 3. The molecule has 3 nitrogen and oxygen atoms in total. The Kier molecular flexibility index (Phi) is 4.54. The molecule has 2 rings (SSSR count). The minimum Gasteiger partial charge on any atom is -0.488 e. The van der Waals surface area contributed by atoms with Crippen LogP contribution in [-0.2, 0) is 6.61 Å². The molecule has 0 unspecified atom stereocenters. The minimum absolute atomic E-state index is 0.0865. The molecule has 0 spiro atoms. The number of nitriles is 1. The largest absolute Gasteiger partial charge is 0.488 e. The molecule has 2 aromatic rings. The van der Waals surface area contributed by atoms with Crippen LogP contribution in [0.3, 0.4) is 0 Å². The van der Waals surface area contributed by atoms with Crippen LogP contribution in [0.4, 0.5) is 0 Å². The predicted octanol–water partition coefficient (Wildman–Crippen LogP) is 4.10. The third-order valence-electron chi connectivity index (χ3n) is 2.83. The van der Waals surface area contributed by atoms with Gasteiger partial charge in [0, 0.05) is 10.0 Å². The molecule has 0 N–H and O–H groups in total. The number of rotatable bonds is 4. The van der Waals surface area contributed by atoms with Crippen molar-refractivity contribution in [3.05, 3.63) is 63.6 Å². The summed E-state index contributed by atoms with van der Waals surface area (Å²) in [6.45, 7) is 1.81. The maximum absolute atomic E-state index is 11.6. The van der Waals surface area contributed by atoms with Gasteiger partial charge in [0.1, 0.15) is 12.4 Å². The topological polar surface area (TPSA) is 50.1 Å². The van der Waals surface area contributed by atoms with Crippen LogP contribution in [0.1, 0.15) is 28.4 Å². The molecule has 0 fully saturated rings. The number of halogens is 1. The van der Waals surface area contributed by atoms with E-state index in [0.717, 1.165) is 10.0 Å². The van der Waals surface area contributed by atoms with E-state index in [1.807, 2.05) is 30.3 Å². The Labute approximate surface area is 125 Å². The molecule has 0 amide bonds. The lowest BCUT2D eigenvalue weighted by atomic mass is 10.1. The van der Waals surface area contributed by atoms with Gasteiger partial charge in [-0.25, -0.2) is 0 Å². The molecular formula is C16H12BrNO2. The van der Waals surface area contributed by atoms with Crippen LogP contribution in [0.5, 0.6) is 5.75 Å². The molecule has 0 aromatic heterocycles. The van der Waals surface area contributed by atoms with Gasteiger partial charge >= 0.3 is 0 Å². The van der Waals surface area contributed by atoms with E-state index in [4.69, 9.17) is 10.00 Å². The van der Waals surface area contributed by atoms with Gasteiger partial charge in [-0.3, -0.25) is 4.79 Å². The molecule has 0 bridgehead atoms. The quantitative estimate of drug-likeness (QED) is 0.793. The van der Waals surface area contributed by atoms with Crippen molar-refractivity contribution in [3.8, 4) is 11.8 Å². The summed E-state index contributed by atoms with van der Waals surface area (Å²) in [7, 11) is 0. The summed E-state index contributed by atoms with van der Waals surface area (Å²) in [6, 6.07) is 14.6. The normalized spacial score (nSPS) is 9.85. The highest BCUT2D eigenvalue weighted by Gasteiger charge is 2.10. The van der Waals surface area contributed by atoms with Crippen LogP contribution in [0.25, 0.3) is 0 Å². The third-order valence-corrected chi connectivity index (χ3v) is 3.60. The molecule has 0 atom stereocenters. The van der Waals surface area contributed by atoms with Gasteiger partial charge in [-0.2, -0.15) is 5.26 Å². The van der Waals surface area contributed by atoms with Crippen molar-refractivity contribution in [2.75, 3.05) is 0 Å². The summed E-state index contributed by atoms with van der Waals surface area (Å²) < 4.78 is 6.65. The van der Waals surface area contributed by atoms with Crippen molar-refractivity contribution in [1.82, 2.24) is 0 Å². The Bertz CT molecular complexity index is 689. The summed E-state index contributed by atoms with van der Waals surface area (Å²) in [5, 5.41) is 8.92. The summed E-state index contributed by atoms with van der Waals surface area (Å²) >= 11 is 3.45. The first-order chi connectivity index (χ1) is 9.61. The Hall–Kier alpha value is -2.12. The maximum Gasteiger partial charge on any atom is 0.163 e. The molecule has 0 saturated heterocycles. The van der Waals surface area contributed by atoms with E-state index in [2.05, 4.69) is 15.9 Å². The van der Waals surface area contributed by atoms with Crippen LogP contribution >= 0.6 is 15.9 Å². The maximum atomic E-state index is 11.6. The van der Waals surface area contributed by atoms with Gasteiger partial charge in [-0.15, -0.1) is 0 Å². The van der Waals surface area contributed by atoms with Gasteiger partial charge in [-0.05, 0) is 31.2 Å². The van der Waals surface area contributed by atoms with Crippen LogP contribution in [0.15, 0.2) is 46.9 Å². The minimum atomic E-state index is -0.0865. The van der Waals surface area contributed by atoms with Gasteiger partial charge in [-0.1, -0.05) is 34.1 Å². The van der Waals surface area contributed by atoms with Gasteiger partial charge in [0.2, 0.25) is 0 Å². The second kappa shape index (κ2) is 6.36. The lowest BCUT2D eigenvalue weighted by Crippen LogP contribution is -2.02. The summed E-state index contributed by atoms with van der Waals surface area (Å²) in [6.07, 6.45) is 0. The van der Waals surface area contributed by atoms with Crippen LogP contribution in [0, 0.1) is 11.3 Å². The average molecular weight is 330 g/mol. The van der Waals surface area contributed by atoms with Crippen molar-refractivity contribution in [2.24, 2.45) is 0 Å². The zero-order valence-corrected chi connectivity index (χ0v) is 12.5. The molecule has 0 heterocycles. The second-order valence-electron chi connectivity index (χ2n) is 4.26. The number of benzene rings is 2. The van der Waals surface area contributed by atoms with Crippen molar-refractivity contribution < 1.29 is 9.53 Å². The number of carbonyl (C=O) groups is 1. The fourth-order valence-corrected chi connectivity index (χ4v) is 2.17. The van der Waals surface area contributed by atoms with E-state index in [1.165, 1.54) is 6.92 Å². The second-order valence-corrected chi connectivity index (χ2v) is 5.11. The Balaban J connectivity index is 2.26. The number of carbonyl (C=O) groups excluding carboxylic acids is 1. The van der Waals surface area contributed by atoms with Gasteiger partial charge in [0.25, 0.3) is 0 Å². The molecule has 100 valence electrons. The van der Waals surface area contributed by atoms with Gasteiger partial charge in [0.05, 0.1) is 17.2 Å². The van der Waals surface area contributed by atoms with E-state index >= 15 is 0 Å².